The van der Waals surface area contributed by atoms with Gasteiger partial charge in [-0.05, 0) is 50.3 Å². The van der Waals surface area contributed by atoms with Gasteiger partial charge in [-0.2, -0.15) is 0 Å². The highest BCUT2D eigenvalue weighted by molar-refractivity contribution is 5.22. The fourth-order valence-electron chi connectivity index (χ4n) is 2.97. The summed E-state index contributed by atoms with van der Waals surface area (Å²) in [6.07, 6.45) is 11.5. The number of nitrogens with one attached hydrogen (secondary N) is 1. The standard InChI is InChI=1S/C16H22N4/c1-12-6-7-17-8-14(12)10-20-11-18-9-16(20)15-5-3-4-13(2)19-15/h6-9,11,13,15,19H,3-5,10H2,1-2H3. The molecule has 2 atom stereocenters. The normalized spacial score (nSPS) is 22.9. The molecule has 2 aromatic rings. The van der Waals surface area contributed by atoms with E-state index in [2.05, 4.69) is 39.8 Å². The van der Waals surface area contributed by atoms with Gasteiger partial charge in [-0.3, -0.25) is 4.98 Å². The van der Waals surface area contributed by atoms with Crippen molar-refractivity contribution in [2.75, 3.05) is 0 Å². The molecule has 20 heavy (non-hydrogen) atoms. The maximum Gasteiger partial charge on any atom is 0.0951 e. The topological polar surface area (TPSA) is 42.7 Å². The first-order valence-electron chi connectivity index (χ1n) is 7.39. The maximum atomic E-state index is 4.35. The first kappa shape index (κ1) is 13.3. The van der Waals surface area contributed by atoms with Crippen LogP contribution in [0.15, 0.2) is 31.0 Å². The molecule has 3 rings (SSSR count). The molecule has 0 radical (unpaired) electrons. The monoisotopic (exact) mass is 270 g/mol. The van der Waals surface area contributed by atoms with Gasteiger partial charge in [0, 0.05) is 30.7 Å². The van der Waals surface area contributed by atoms with Crippen molar-refractivity contribution in [1.29, 1.82) is 0 Å². The average Bonchev–Trinajstić information content (AvgIpc) is 2.90. The zero-order valence-electron chi connectivity index (χ0n) is 12.2. The van der Waals surface area contributed by atoms with Crippen LogP contribution in [0.4, 0.5) is 0 Å². The van der Waals surface area contributed by atoms with Crippen LogP contribution in [0.1, 0.15) is 49.0 Å². The highest BCUT2D eigenvalue weighted by Gasteiger charge is 2.22. The van der Waals surface area contributed by atoms with Gasteiger partial charge in [0.05, 0.1) is 18.6 Å². The van der Waals surface area contributed by atoms with Crippen molar-refractivity contribution in [3.8, 4) is 0 Å². The van der Waals surface area contributed by atoms with E-state index in [1.165, 1.54) is 36.1 Å². The number of aromatic nitrogens is 3. The molecule has 4 heteroatoms. The number of piperidine rings is 1. The van der Waals surface area contributed by atoms with Crippen LogP contribution in [0.3, 0.4) is 0 Å². The Hall–Kier alpha value is -1.68. The van der Waals surface area contributed by atoms with Crippen molar-refractivity contribution < 1.29 is 0 Å². The first-order valence-corrected chi connectivity index (χ1v) is 7.39. The van der Waals surface area contributed by atoms with Gasteiger partial charge in [-0.15, -0.1) is 0 Å². The molecule has 0 aliphatic carbocycles. The molecule has 2 unspecified atom stereocenters. The van der Waals surface area contributed by atoms with Gasteiger partial charge in [0.25, 0.3) is 0 Å². The Morgan fingerprint density at radius 2 is 2.20 bits per heavy atom. The number of aryl methyl sites for hydroxylation is 1. The molecule has 0 aromatic carbocycles. The molecule has 2 aromatic heterocycles. The molecule has 4 nitrogen and oxygen atoms in total. The number of imidazole rings is 1. The van der Waals surface area contributed by atoms with E-state index >= 15 is 0 Å². The van der Waals surface area contributed by atoms with Gasteiger partial charge >= 0.3 is 0 Å². The van der Waals surface area contributed by atoms with Gasteiger partial charge in [0.2, 0.25) is 0 Å². The molecule has 1 saturated heterocycles. The molecular weight excluding hydrogens is 248 g/mol. The van der Waals surface area contributed by atoms with Crippen LogP contribution in [0, 0.1) is 6.92 Å². The molecular formula is C16H22N4. The lowest BCUT2D eigenvalue weighted by atomic mass is 9.97. The second-order valence-electron chi connectivity index (χ2n) is 5.80. The Morgan fingerprint density at radius 1 is 1.30 bits per heavy atom. The number of pyridine rings is 1. The second kappa shape index (κ2) is 5.75. The fourth-order valence-corrected chi connectivity index (χ4v) is 2.97. The van der Waals surface area contributed by atoms with Gasteiger partial charge in [0.15, 0.2) is 0 Å². The second-order valence-corrected chi connectivity index (χ2v) is 5.80. The minimum atomic E-state index is 0.429. The molecule has 1 aliphatic rings. The molecule has 1 aliphatic heterocycles. The van der Waals surface area contributed by atoms with Crippen molar-refractivity contribution in [3.63, 3.8) is 0 Å². The first-order chi connectivity index (χ1) is 9.74. The highest BCUT2D eigenvalue weighted by Crippen LogP contribution is 2.25. The molecule has 1 N–H and O–H groups in total. The van der Waals surface area contributed by atoms with Crippen molar-refractivity contribution in [1.82, 2.24) is 19.9 Å². The number of hydrogen-bond donors (Lipinski definition) is 1. The predicted octanol–water partition coefficient (Wildman–Crippen LogP) is 2.84. The van der Waals surface area contributed by atoms with Crippen LogP contribution in [0.25, 0.3) is 0 Å². The van der Waals surface area contributed by atoms with Crippen LogP contribution in [0.5, 0.6) is 0 Å². The lowest BCUT2D eigenvalue weighted by molar-refractivity contribution is 0.330. The molecule has 3 heterocycles. The third-order valence-corrected chi connectivity index (χ3v) is 4.21. The minimum absolute atomic E-state index is 0.429. The summed E-state index contributed by atoms with van der Waals surface area (Å²) in [6, 6.07) is 3.09. The molecule has 0 saturated carbocycles. The summed E-state index contributed by atoms with van der Waals surface area (Å²) < 4.78 is 2.25. The van der Waals surface area contributed by atoms with Gasteiger partial charge in [-0.1, -0.05) is 0 Å². The van der Waals surface area contributed by atoms with E-state index in [9.17, 15) is 0 Å². The maximum absolute atomic E-state index is 4.35. The van der Waals surface area contributed by atoms with E-state index in [-0.39, 0.29) is 0 Å². The lowest BCUT2D eigenvalue weighted by Crippen LogP contribution is -2.35. The summed E-state index contributed by atoms with van der Waals surface area (Å²) in [4.78, 5) is 8.58. The van der Waals surface area contributed by atoms with Gasteiger partial charge in [0.1, 0.15) is 0 Å². The van der Waals surface area contributed by atoms with Crippen molar-refractivity contribution in [2.45, 2.75) is 51.7 Å². The quantitative estimate of drug-likeness (QED) is 0.932. The van der Waals surface area contributed by atoms with Crippen molar-refractivity contribution >= 4 is 0 Å². The third-order valence-electron chi connectivity index (χ3n) is 4.21. The average molecular weight is 270 g/mol. The Morgan fingerprint density at radius 3 is 3.00 bits per heavy atom. The van der Waals surface area contributed by atoms with E-state index in [0.717, 1.165) is 6.54 Å². The number of hydrogen-bond acceptors (Lipinski definition) is 3. The van der Waals surface area contributed by atoms with Crippen LogP contribution >= 0.6 is 0 Å². The van der Waals surface area contributed by atoms with Crippen LogP contribution in [-0.4, -0.2) is 20.6 Å². The van der Waals surface area contributed by atoms with Crippen LogP contribution < -0.4 is 5.32 Å². The summed E-state index contributed by atoms with van der Waals surface area (Å²) in [5.41, 5.74) is 3.83. The fraction of sp³-hybridized carbons (Fsp3) is 0.500. The predicted molar refractivity (Wildman–Crippen MR) is 79.5 cm³/mol. The minimum Gasteiger partial charge on any atom is -0.329 e. The molecule has 1 fully saturated rings. The third kappa shape index (κ3) is 2.75. The lowest BCUT2D eigenvalue weighted by Gasteiger charge is -2.29. The van der Waals surface area contributed by atoms with E-state index in [1.54, 1.807) is 0 Å². The summed E-state index contributed by atoms with van der Waals surface area (Å²) in [5.74, 6) is 0. The van der Waals surface area contributed by atoms with Crippen LogP contribution in [-0.2, 0) is 6.54 Å². The van der Waals surface area contributed by atoms with Gasteiger partial charge in [-0.25, -0.2) is 4.98 Å². The summed E-state index contributed by atoms with van der Waals surface area (Å²) >= 11 is 0. The van der Waals surface area contributed by atoms with E-state index in [4.69, 9.17) is 0 Å². The largest absolute Gasteiger partial charge is 0.329 e. The Bertz CT molecular complexity index is 575. The van der Waals surface area contributed by atoms with E-state index < -0.39 is 0 Å². The zero-order valence-corrected chi connectivity index (χ0v) is 12.2. The Labute approximate surface area is 120 Å². The molecule has 0 bridgehead atoms. The summed E-state index contributed by atoms with van der Waals surface area (Å²) in [5, 5.41) is 3.68. The van der Waals surface area contributed by atoms with E-state index in [1.807, 2.05) is 24.9 Å². The zero-order chi connectivity index (χ0) is 13.9. The van der Waals surface area contributed by atoms with Crippen LogP contribution in [0.2, 0.25) is 0 Å². The smallest absolute Gasteiger partial charge is 0.0951 e. The SMILES string of the molecule is Cc1ccncc1Cn1cncc1C1CCCC(C)N1. The van der Waals surface area contributed by atoms with Crippen molar-refractivity contribution in [2.24, 2.45) is 0 Å². The van der Waals surface area contributed by atoms with Crippen molar-refractivity contribution in [3.05, 3.63) is 47.8 Å². The Balaban J connectivity index is 1.81. The van der Waals surface area contributed by atoms with Gasteiger partial charge < -0.3 is 9.88 Å². The van der Waals surface area contributed by atoms with E-state index in [0.29, 0.717) is 12.1 Å². The number of rotatable bonds is 3. The molecule has 0 spiro atoms. The molecule has 0 amide bonds. The molecule has 106 valence electrons. The summed E-state index contributed by atoms with van der Waals surface area (Å²) in [6.45, 7) is 5.24. The summed E-state index contributed by atoms with van der Waals surface area (Å²) in [7, 11) is 0. The highest BCUT2D eigenvalue weighted by atomic mass is 15.1. The Kier molecular flexibility index (Phi) is 3.83. The number of nitrogens with zero attached hydrogens (tertiary/aromatic N) is 3.